The Kier molecular flexibility index (Phi) is 6.67. The van der Waals surface area contributed by atoms with Gasteiger partial charge in [0.2, 0.25) is 15.9 Å². The van der Waals surface area contributed by atoms with Crippen LogP contribution in [0, 0.1) is 9.49 Å². The van der Waals surface area contributed by atoms with Crippen molar-refractivity contribution in [2.45, 2.75) is 12.8 Å². The molecule has 0 atom stereocenters. The minimum Gasteiger partial charge on any atom is -0.326 e. The van der Waals surface area contributed by atoms with Crippen molar-refractivity contribution in [3.63, 3.8) is 0 Å². The van der Waals surface area contributed by atoms with E-state index < -0.39 is 10.0 Å². The predicted octanol–water partition coefficient (Wildman–Crippen LogP) is 3.94. The van der Waals surface area contributed by atoms with Crippen LogP contribution in [0.2, 0.25) is 0 Å². The Morgan fingerprint density at radius 3 is 2.44 bits per heavy atom. The second-order valence-corrected chi connectivity index (χ2v) is 9.50. The summed E-state index contributed by atoms with van der Waals surface area (Å²) in [6.07, 6.45) is 2.65. The first-order chi connectivity index (χ1) is 12.9. The summed E-state index contributed by atoms with van der Waals surface area (Å²) in [5.74, 6) is -0.221. The van der Waals surface area contributed by atoms with Crippen molar-refractivity contribution >= 4 is 50.3 Å². The minimum atomic E-state index is -3.48. The molecule has 1 saturated heterocycles. The van der Waals surface area contributed by atoms with Gasteiger partial charge < -0.3 is 5.32 Å². The number of piperidine rings is 1. The smallest absolute Gasteiger partial charge is 0.236 e. The summed E-state index contributed by atoms with van der Waals surface area (Å²) < 4.78 is 27.5. The number of benzene rings is 2. The monoisotopic (exact) mass is 496 g/mol. The molecule has 1 aliphatic rings. The highest BCUT2D eigenvalue weighted by molar-refractivity contribution is 14.1. The lowest BCUT2D eigenvalue weighted by Crippen LogP contribution is -2.40. The molecular weight excluding hydrogens is 475 g/mol. The first-order valence-corrected chi connectivity index (χ1v) is 11.3. The molecule has 0 aromatic heterocycles. The molecule has 0 aliphatic carbocycles. The van der Waals surface area contributed by atoms with E-state index in [0.29, 0.717) is 25.9 Å². The van der Waals surface area contributed by atoms with E-state index in [1.807, 2.05) is 54.6 Å². The van der Waals surface area contributed by atoms with Gasteiger partial charge in [0.25, 0.3) is 0 Å². The van der Waals surface area contributed by atoms with Crippen molar-refractivity contribution in [3.8, 4) is 0 Å². The van der Waals surface area contributed by atoms with Gasteiger partial charge in [-0.1, -0.05) is 36.4 Å². The zero-order valence-electron chi connectivity index (χ0n) is 14.7. The molecule has 2 aromatic rings. The van der Waals surface area contributed by atoms with E-state index in [9.17, 15) is 13.2 Å². The Bertz CT molecular complexity index is 921. The van der Waals surface area contributed by atoms with E-state index in [1.165, 1.54) is 9.71 Å². The Hall–Kier alpha value is -1.71. The van der Waals surface area contributed by atoms with Crippen LogP contribution in [-0.2, 0) is 14.8 Å². The van der Waals surface area contributed by atoms with Crippen molar-refractivity contribution in [2.75, 3.05) is 18.4 Å². The Balaban J connectivity index is 1.56. The highest BCUT2D eigenvalue weighted by Gasteiger charge is 2.29. The van der Waals surface area contributed by atoms with Crippen LogP contribution in [0.25, 0.3) is 6.08 Å². The molecule has 1 N–H and O–H groups in total. The lowest BCUT2D eigenvalue weighted by molar-refractivity contribution is -0.120. The van der Waals surface area contributed by atoms with E-state index >= 15 is 0 Å². The van der Waals surface area contributed by atoms with Gasteiger partial charge in [0.15, 0.2) is 0 Å². The number of amides is 1. The molecule has 1 fully saturated rings. The summed E-state index contributed by atoms with van der Waals surface area (Å²) >= 11 is 2.20. The molecule has 1 amide bonds. The molecule has 0 spiro atoms. The van der Waals surface area contributed by atoms with Crippen molar-refractivity contribution < 1.29 is 13.2 Å². The lowest BCUT2D eigenvalue weighted by atomic mass is 9.97. The highest BCUT2D eigenvalue weighted by Crippen LogP contribution is 2.23. The number of carbonyl (C=O) groups is 1. The maximum Gasteiger partial charge on any atom is 0.236 e. The Morgan fingerprint density at radius 1 is 1.07 bits per heavy atom. The van der Waals surface area contributed by atoms with Gasteiger partial charge in [-0.3, -0.25) is 4.79 Å². The SMILES string of the molecule is O=C(Nc1cccc(I)c1)C1CCN(S(=O)(=O)/C=C/c2ccccc2)CC1. The van der Waals surface area contributed by atoms with Gasteiger partial charge in [-0.05, 0) is 65.3 Å². The van der Waals surface area contributed by atoms with Crippen molar-refractivity contribution in [3.05, 3.63) is 69.1 Å². The number of hydrogen-bond donors (Lipinski definition) is 1. The standard InChI is InChI=1S/C20H21IN2O3S/c21-18-7-4-8-19(15-18)22-20(24)17-9-12-23(13-10-17)27(25,26)14-11-16-5-2-1-3-6-16/h1-8,11,14-15,17H,9-10,12-13H2,(H,22,24)/b14-11+. The molecule has 5 nitrogen and oxygen atoms in total. The number of halogens is 1. The van der Waals surface area contributed by atoms with E-state index in [2.05, 4.69) is 27.9 Å². The fourth-order valence-corrected chi connectivity index (χ4v) is 4.76. The van der Waals surface area contributed by atoms with Crippen molar-refractivity contribution in [1.29, 1.82) is 0 Å². The Labute approximate surface area is 173 Å². The summed E-state index contributed by atoms with van der Waals surface area (Å²) in [6, 6.07) is 16.9. The normalized spacial score (nSPS) is 16.5. The minimum absolute atomic E-state index is 0.0473. The number of hydrogen-bond acceptors (Lipinski definition) is 3. The molecule has 0 saturated carbocycles. The number of anilines is 1. The maximum absolute atomic E-state index is 12.5. The number of rotatable bonds is 5. The third-order valence-corrected chi connectivity index (χ3v) is 6.74. The molecule has 0 bridgehead atoms. The number of sulfonamides is 1. The fourth-order valence-electron chi connectivity index (χ4n) is 3.00. The van der Waals surface area contributed by atoms with Crippen LogP contribution in [0.3, 0.4) is 0 Å². The second kappa shape index (κ2) is 8.99. The highest BCUT2D eigenvalue weighted by atomic mass is 127. The van der Waals surface area contributed by atoms with Gasteiger partial charge in [-0.2, -0.15) is 4.31 Å². The van der Waals surface area contributed by atoms with Crippen LogP contribution in [0.4, 0.5) is 5.69 Å². The molecule has 1 aliphatic heterocycles. The first kappa shape index (κ1) is 20.0. The van der Waals surface area contributed by atoms with Gasteiger partial charge in [0, 0.05) is 33.7 Å². The molecule has 0 radical (unpaired) electrons. The van der Waals surface area contributed by atoms with Crippen molar-refractivity contribution in [1.82, 2.24) is 4.31 Å². The zero-order chi connectivity index (χ0) is 19.3. The van der Waals surface area contributed by atoms with Crippen LogP contribution in [0.15, 0.2) is 60.0 Å². The van der Waals surface area contributed by atoms with Gasteiger partial charge in [-0.15, -0.1) is 0 Å². The Morgan fingerprint density at radius 2 is 1.78 bits per heavy atom. The average Bonchev–Trinajstić information content (AvgIpc) is 2.67. The summed E-state index contributed by atoms with van der Waals surface area (Å²) in [5, 5.41) is 4.17. The van der Waals surface area contributed by atoms with Gasteiger partial charge in [0.05, 0.1) is 0 Å². The zero-order valence-corrected chi connectivity index (χ0v) is 17.7. The van der Waals surface area contributed by atoms with E-state index in [1.54, 1.807) is 6.08 Å². The first-order valence-electron chi connectivity index (χ1n) is 8.74. The molecule has 0 unspecified atom stereocenters. The molecule has 1 heterocycles. The largest absolute Gasteiger partial charge is 0.326 e. The number of carbonyl (C=O) groups excluding carboxylic acids is 1. The van der Waals surface area contributed by atoms with E-state index in [0.717, 1.165) is 14.8 Å². The van der Waals surface area contributed by atoms with E-state index in [-0.39, 0.29) is 11.8 Å². The van der Waals surface area contributed by atoms with E-state index in [4.69, 9.17) is 0 Å². The maximum atomic E-state index is 12.5. The molecule has 7 heteroatoms. The molecule has 27 heavy (non-hydrogen) atoms. The van der Waals surface area contributed by atoms with Gasteiger partial charge in [0.1, 0.15) is 0 Å². The third-order valence-electron chi connectivity index (χ3n) is 4.51. The number of nitrogens with one attached hydrogen (secondary N) is 1. The molecule has 3 rings (SSSR count). The van der Waals surface area contributed by atoms with Crippen LogP contribution >= 0.6 is 22.6 Å². The summed E-state index contributed by atoms with van der Waals surface area (Å²) in [6.45, 7) is 0.706. The topological polar surface area (TPSA) is 66.5 Å². The third kappa shape index (κ3) is 5.63. The molecular formula is C20H21IN2O3S. The summed E-state index contributed by atoms with van der Waals surface area (Å²) in [7, 11) is -3.48. The average molecular weight is 496 g/mol. The summed E-state index contributed by atoms with van der Waals surface area (Å²) in [4.78, 5) is 12.5. The van der Waals surface area contributed by atoms with Gasteiger partial charge >= 0.3 is 0 Å². The second-order valence-electron chi connectivity index (χ2n) is 6.43. The molecule has 2 aromatic carbocycles. The number of nitrogens with zero attached hydrogens (tertiary/aromatic N) is 1. The predicted molar refractivity (Wildman–Crippen MR) is 116 cm³/mol. The van der Waals surface area contributed by atoms with Crippen LogP contribution in [0.1, 0.15) is 18.4 Å². The quantitative estimate of drug-likeness (QED) is 0.638. The van der Waals surface area contributed by atoms with Crippen LogP contribution < -0.4 is 5.32 Å². The molecule has 142 valence electrons. The fraction of sp³-hybridized carbons (Fsp3) is 0.250. The van der Waals surface area contributed by atoms with Crippen LogP contribution in [-0.4, -0.2) is 31.7 Å². The van der Waals surface area contributed by atoms with Crippen LogP contribution in [0.5, 0.6) is 0 Å². The summed E-state index contributed by atoms with van der Waals surface area (Å²) in [5.41, 5.74) is 1.61. The van der Waals surface area contributed by atoms with Gasteiger partial charge in [-0.25, -0.2) is 8.42 Å². The van der Waals surface area contributed by atoms with Crippen molar-refractivity contribution in [2.24, 2.45) is 5.92 Å². The lowest BCUT2D eigenvalue weighted by Gasteiger charge is -2.29.